The molecular weight excluding hydrogens is 219 g/mol. The van der Waals surface area contributed by atoms with Crippen molar-refractivity contribution in [1.82, 2.24) is 9.97 Å². The molecule has 1 aromatic rings. The lowest BCUT2D eigenvalue weighted by molar-refractivity contribution is 0.272. The predicted octanol–water partition coefficient (Wildman–Crippen LogP) is 0.507. The van der Waals surface area contributed by atoms with Crippen molar-refractivity contribution < 1.29 is 5.11 Å². The molecule has 2 N–H and O–H groups in total. The van der Waals surface area contributed by atoms with Crippen molar-refractivity contribution in [3.8, 4) is 0 Å². The lowest BCUT2D eigenvalue weighted by atomic mass is 10.7. The second-order valence-electron chi connectivity index (χ2n) is 1.33. The molecule has 0 aliphatic rings. The van der Waals surface area contributed by atoms with E-state index >= 15 is 0 Å². The molecule has 0 unspecified atom stereocenters. The van der Waals surface area contributed by atoms with Gasteiger partial charge in [-0.25, -0.2) is 4.98 Å². The molecule has 1 aromatic heterocycles. The van der Waals surface area contributed by atoms with Crippen LogP contribution in [0.25, 0.3) is 0 Å². The lowest BCUT2D eigenvalue weighted by Gasteiger charge is -1.80. The minimum atomic E-state index is -0.0109. The molecule has 1 rings (SSSR count). The van der Waals surface area contributed by atoms with Gasteiger partial charge in [-0.15, -0.1) is 0 Å². The van der Waals surface area contributed by atoms with E-state index in [0.717, 1.165) is 3.70 Å². The molecular formula is C4H5IN2O. The van der Waals surface area contributed by atoms with Gasteiger partial charge in [-0.2, -0.15) is 0 Å². The van der Waals surface area contributed by atoms with Crippen molar-refractivity contribution in [3.63, 3.8) is 0 Å². The Labute approximate surface area is 60.3 Å². The summed E-state index contributed by atoms with van der Waals surface area (Å²) in [5.74, 6) is 0.620. The maximum absolute atomic E-state index is 8.45. The van der Waals surface area contributed by atoms with Gasteiger partial charge in [0.05, 0.1) is 0 Å². The summed E-state index contributed by atoms with van der Waals surface area (Å²) in [5, 5.41) is 8.45. The van der Waals surface area contributed by atoms with Crippen molar-refractivity contribution in [1.29, 1.82) is 0 Å². The average molecular weight is 224 g/mol. The molecule has 0 saturated carbocycles. The van der Waals surface area contributed by atoms with E-state index in [0.29, 0.717) is 5.82 Å². The van der Waals surface area contributed by atoms with Gasteiger partial charge in [0, 0.05) is 6.20 Å². The molecule has 0 spiro atoms. The molecule has 8 heavy (non-hydrogen) atoms. The lowest BCUT2D eigenvalue weighted by Crippen LogP contribution is -1.83. The molecule has 0 radical (unpaired) electrons. The summed E-state index contributed by atoms with van der Waals surface area (Å²) in [6.45, 7) is -0.0109. The van der Waals surface area contributed by atoms with Gasteiger partial charge in [0.25, 0.3) is 0 Å². The SMILES string of the molecule is OCc1nc(I)c[nH]1. The number of aromatic amines is 1. The van der Waals surface area contributed by atoms with Crippen LogP contribution >= 0.6 is 22.6 Å². The van der Waals surface area contributed by atoms with Crippen LogP contribution < -0.4 is 0 Å². The topological polar surface area (TPSA) is 48.9 Å². The predicted molar refractivity (Wildman–Crippen MR) is 37.2 cm³/mol. The number of nitrogens with one attached hydrogen (secondary N) is 1. The highest BCUT2D eigenvalue weighted by Crippen LogP contribution is 1.98. The van der Waals surface area contributed by atoms with Gasteiger partial charge >= 0.3 is 0 Å². The Bertz CT molecular complexity index is 174. The standard InChI is InChI=1S/C4H5IN2O/c5-3-1-6-4(2-8)7-3/h1,8H,2H2,(H,6,7). The number of aliphatic hydroxyl groups is 1. The van der Waals surface area contributed by atoms with Crippen LogP contribution in [0.5, 0.6) is 0 Å². The van der Waals surface area contributed by atoms with Crippen LogP contribution in [-0.4, -0.2) is 15.1 Å². The van der Waals surface area contributed by atoms with Crippen LogP contribution in [0, 0.1) is 3.70 Å². The van der Waals surface area contributed by atoms with Gasteiger partial charge in [-0.05, 0) is 22.6 Å². The second-order valence-corrected chi connectivity index (χ2v) is 2.43. The van der Waals surface area contributed by atoms with Crippen molar-refractivity contribution in [2.24, 2.45) is 0 Å². The molecule has 1 heterocycles. The molecule has 0 aliphatic heterocycles. The Kier molecular flexibility index (Phi) is 1.85. The molecule has 0 amide bonds. The van der Waals surface area contributed by atoms with E-state index in [9.17, 15) is 0 Å². The zero-order valence-corrected chi connectivity index (χ0v) is 6.21. The summed E-state index contributed by atoms with van der Waals surface area (Å²) in [4.78, 5) is 6.70. The highest BCUT2D eigenvalue weighted by atomic mass is 127. The van der Waals surface area contributed by atoms with Gasteiger partial charge in [0.2, 0.25) is 0 Å². The third kappa shape index (κ3) is 1.19. The molecule has 44 valence electrons. The number of rotatable bonds is 1. The fourth-order valence-corrected chi connectivity index (χ4v) is 0.864. The highest BCUT2D eigenvalue weighted by Gasteiger charge is 1.92. The van der Waals surface area contributed by atoms with Crippen molar-refractivity contribution in [2.75, 3.05) is 0 Å². The summed E-state index contributed by atoms with van der Waals surface area (Å²) in [5.41, 5.74) is 0. The fraction of sp³-hybridized carbons (Fsp3) is 0.250. The molecule has 0 bridgehead atoms. The largest absolute Gasteiger partial charge is 0.388 e. The molecule has 0 atom stereocenters. The number of aromatic nitrogens is 2. The van der Waals surface area contributed by atoms with E-state index in [4.69, 9.17) is 5.11 Å². The molecule has 4 heteroatoms. The van der Waals surface area contributed by atoms with E-state index in [-0.39, 0.29) is 6.61 Å². The molecule has 3 nitrogen and oxygen atoms in total. The van der Waals surface area contributed by atoms with Gasteiger partial charge in [-0.3, -0.25) is 0 Å². The Balaban J connectivity index is 2.84. The maximum Gasteiger partial charge on any atom is 0.133 e. The average Bonchev–Trinajstić information content (AvgIpc) is 2.14. The first kappa shape index (κ1) is 6.03. The Morgan fingerprint density at radius 1 is 1.88 bits per heavy atom. The van der Waals surface area contributed by atoms with E-state index in [1.165, 1.54) is 0 Å². The fourth-order valence-electron chi connectivity index (χ4n) is 0.417. The highest BCUT2D eigenvalue weighted by molar-refractivity contribution is 14.1. The van der Waals surface area contributed by atoms with Crippen LogP contribution in [0.1, 0.15) is 5.82 Å². The van der Waals surface area contributed by atoms with Gasteiger partial charge in [0.15, 0.2) is 0 Å². The Morgan fingerprint density at radius 3 is 2.88 bits per heavy atom. The van der Waals surface area contributed by atoms with Crippen molar-refractivity contribution >= 4 is 22.6 Å². The molecule has 0 saturated heterocycles. The quantitative estimate of drug-likeness (QED) is 0.682. The van der Waals surface area contributed by atoms with Gasteiger partial charge in [-0.1, -0.05) is 0 Å². The zero-order valence-electron chi connectivity index (χ0n) is 4.06. The van der Waals surface area contributed by atoms with E-state index < -0.39 is 0 Å². The number of H-pyrrole nitrogens is 1. The summed E-state index contributed by atoms with van der Waals surface area (Å²) in [7, 11) is 0. The number of imidazole rings is 1. The number of nitrogens with zero attached hydrogens (tertiary/aromatic N) is 1. The first-order chi connectivity index (χ1) is 3.83. The van der Waals surface area contributed by atoms with Crippen molar-refractivity contribution in [2.45, 2.75) is 6.61 Å². The second kappa shape index (κ2) is 2.45. The number of hydrogen-bond acceptors (Lipinski definition) is 2. The Hall–Kier alpha value is -0.100. The van der Waals surface area contributed by atoms with Gasteiger partial charge in [0.1, 0.15) is 16.1 Å². The summed E-state index contributed by atoms with van der Waals surface area (Å²) in [6.07, 6.45) is 1.74. The van der Waals surface area contributed by atoms with Crippen LogP contribution in [0.15, 0.2) is 6.20 Å². The number of aliphatic hydroxyl groups excluding tert-OH is 1. The monoisotopic (exact) mass is 224 g/mol. The summed E-state index contributed by atoms with van der Waals surface area (Å²) < 4.78 is 0.881. The van der Waals surface area contributed by atoms with E-state index in [1.54, 1.807) is 6.20 Å². The number of halogens is 1. The zero-order chi connectivity index (χ0) is 5.98. The normalized spacial score (nSPS) is 9.75. The first-order valence-electron chi connectivity index (χ1n) is 2.13. The molecule has 0 aliphatic carbocycles. The van der Waals surface area contributed by atoms with Gasteiger partial charge < -0.3 is 10.1 Å². The van der Waals surface area contributed by atoms with Crippen LogP contribution in [0.3, 0.4) is 0 Å². The maximum atomic E-state index is 8.45. The van der Waals surface area contributed by atoms with Crippen LogP contribution in [0.4, 0.5) is 0 Å². The third-order valence-corrected chi connectivity index (χ3v) is 1.30. The first-order valence-corrected chi connectivity index (χ1v) is 3.21. The third-order valence-electron chi connectivity index (χ3n) is 0.749. The summed E-state index contributed by atoms with van der Waals surface area (Å²) >= 11 is 2.07. The van der Waals surface area contributed by atoms with E-state index in [1.807, 2.05) is 0 Å². The molecule has 0 aromatic carbocycles. The smallest absolute Gasteiger partial charge is 0.133 e. The minimum Gasteiger partial charge on any atom is -0.388 e. The minimum absolute atomic E-state index is 0.0109. The Morgan fingerprint density at radius 2 is 2.62 bits per heavy atom. The van der Waals surface area contributed by atoms with Crippen molar-refractivity contribution in [3.05, 3.63) is 15.7 Å². The van der Waals surface area contributed by atoms with E-state index in [2.05, 4.69) is 32.6 Å². The summed E-state index contributed by atoms with van der Waals surface area (Å²) in [6, 6.07) is 0. The number of hydrogen-bond donors (Lipinski definition) is 2. The van der Waals surface area contributed by atoms with Crippen LogP contribution in [0.2, 0.25) is 0 Å². The van der Waals surface area contributed by atoms with Crippen LogP contribution in [-0.2, 0) is 6.61 Å². The molecule has 0 fully saturated rings.